The summed E-state index contributed by atoms with van der Waals surface area (Å²) in [6.07, 6.45) is 1.99. The van der Waals surface area contributed by atoms with Gasteiger partial charge in [0.15, 0.2) is 4.93 Å². The Bertz CT molecular complexity index is 825. The molecule has 1 N–H and O–H groups in total. The van der Waals surface area contributed by atoms with Gasteiger partial charge in [-0.1, -0.05) is 36.0 Å². The molecule has 0 aliphatic carbocycles. The van der Waals surface area contributed by atoms with E-state index in [9.17, 15) is 5.11 Å². The molecule has 1 aromatic heterocycles. The Morgan fingerprint density at radius 2 is 1.77 bits per heavy atom. The summed E-state index contributed by atoms with van der Waals surface area (Å²) in [4.78, 5) is -0.0473. The number of para-hydroxylation sites is 1. The fraction of sp³-hybridized carbons (Fsp3) is 0.111. The van der Waals surface area contributed by atoms with E-state index in [1.165, 1.54) is 11.8 Å². The van der Waals surface area contributed by atoms with Crippen LogP contribution in [-0.4, -0.2) is 16.8 Å². The molecule has 1 aliphatic heterocycles. The number of ether oxygens (including phenoxy) is 1. The molecule has 4 rings (SSSR count). The maximum atomic E-state index is 11.4. The van der Waals surface area contributed by atoms with E-state index in [0.717, 1.165) is 27.6 Å². The highest BCUT2D eigenvalue weighted by molar-refractivity contribution is 8.00. The van der Waals surface area contributed by atoms with Crippen molar-refractivity contribution >= 4 is 11.8 Å². The van der Waals surface area contributed by atoms with Crippen LogP contribution in [0.25, 0.3) is 5.69 Å². The van der Waals surface area contributed by atoms with Gasteiger partial charge in [-0.2, -0.15) is 0 Å². The minimum Gasteiger partial charge on any atom is -0.497 e. The Morgan fingerprint density at radius 1 is 1.00 bits per heavy atom. The molecule has 22 heavy (non-hydrogen) atoms. The number of fused-ring (bicyclic) bond motifs is 3. The predicted octanol–water partition coefficient (Wildman–Crippen LogP) is 3.79. The summed E-state index contributed by atoms with van der Waals surface area (Å²) in [5.74, 6) is 0.781. The quantitative estimate of drug-likeness (QED) is 0.782. The molecule has 0 saturated heterocycles. The lowest BCUT2D eigenvalue weighted by Gasteiger charge is -2.34. The van der Waals surface area contributed by atoms with Crippen molar-refractivity contribution in [3.63, 3.8) is 0 Å². The second-order valence-electron chi connectivity index (χ2n) is 5.21. The van der Waals surface area contributed by atoms with Crippen molar-refractivity contribution in [1.29, 1.82) is 0 Å². The molecule has 1 aliphatic rings. The molecular formula is C18H15NO2S. The maximum absolute atomic E-state index is 11.4. The van der Waals surface area contributed by atoms with Crippen LogP contribution >= 0.6 is 11.8 Å². The lowest BCUT2D eigenvalue weighted by molar-refractivity contribution is 0.172. The molecule has 0 amide bonds. The van der Waals surface area contributed by atoms with Gasteiger partial charge in [-0.25, -0.2) is 0 Å². The number of thioether (sulfide) groups is 1. The van der Waals surface area contributed by atoms with E-state index >= 15 is 0 Å². The van der Waals surface area contributed by atoms with Crippen molar-refractivity contribution in [3.05, 3.63) is 78.1 Å². The van der Waals surface area contributed by atoms with Gasteiger partial charge in [-0.05, 0) is 36.4 Å². The van der Waals surface area contributed by atoms with E-state index in [-0.39, 0.29) is 0 Å². The molecule has 110 valence electrons. The van der Waals surface area contributed by atoms with E-state index in [4.69, 9.17) is 4.74 Å². The zero-order valence-corrected chi connectivity index (χ0v) is 12.9. The number of rotatable bonds is 2. The van der Waals surface area contributed by atoms with Crippen LogP contribution in [0, 0.1) is 0 Å². The third-order valence-corrected chi connectivity index (χ3v) is 5.27. The van der Waals surface area contributed by atoms with Crippen LogP contribution < -0.4 is 4.74 Å². The summed E-state index contributed by atoms with van der Waals surface area (Å²) in [5, 5.41) is 11.4. The Balaban J connectivity index is 1.89. The maximum Gasteiger partial charge on any atom is 0.181 e. The number of methoxy groups -OCH3 is 1. The van der Waals surface area contributed by atoms with Gasteiger partial charge in [0.1, 0.15) is 5.75 Å². The smallest absolute Gasteiger partial charge is 0.181 e. The molecule has 2 aromatic carbocycles. The first kappa shape index (κ1) is 13.5. The Morgan fingerprint density at radius 3 is 2.55 bits per heavy atom. The van der Waals surface area contributed by atoms with E-state index in [2.05, 4.69) is 10.6 Å². The number of aromatic nitrogens is 1. The Labute approximate surface area is 133 Å². The van der Waals surface area contributed by atoms with Gasteiger partial charge in [0.05, 0.1) is 18.5 Å². The van der Waals surface area contributed by atoms with Crippen molar-refractivity contribution in [2.45, 2.75) is 9.83 Å². The van der Waals surface area contributed by atoms with Gasteiger partial charge in [0.25, 0.3) is 0 Å². The first-order chi connectivity index (χ1) is 10.7. The zero-order valence-electron chi connectivity index (χ0n) is 12.1. The molecule has 0 spiro atoms. The van der Waals surface area contributed by atoms with Crippen LogP contribution in [0.15, 0.2) is 71.8 Å². The van der Waals surface area contributed by atoms with E-state index in [1.54, 1.807) is 7.11 Å². The standard InChI is InChI=1S/C18H15NO2S/c1-21-14-10-8-13(9-11-14)18(20)17-7-4-12-19(17)15-5-2-3-6-16(15)22-18/h2-12,20H,1H3/t18-/m1/s1. The lowest BCUT2D eigenvalue weighted by atomic mass is 10.0. The highest BCUT2D eigenvalue weighted by Gasteiger charge is 2.39. The molecule has 2 heterocycles. The van der Waals surface area contributed by atoms with E-state index in [1.807, 2.05) is 60.8 Å². The van der Waals surface area contributed by atoms with Crippen LogP contribution in [-0.2, 0) is 4.93 Å². The van der Waals surface area contributed by atoms with Crippen LogP contribution in [0.2, 0.25) is 0 Å². The molecule has 3 aromatic rings. The number of aliphatic hydroxyl groups is 1. The van der Waals surface area contributed by atoms with Crippen molar-refractivity contribution < 1.29 is 9.84 Å². The second kappa shape index (κ2) is 4.93. The monoisotopic (exact) mass is 309 g/mol. The van der Waals surface area contributed by atoms with E-state index < -0.39 is 4.93 Å². The normalized spacial score (nSPS) is 19.4. The van der Waals surface area contributed by atoms with Crippen LogP contribution in [0.3, 0.4) is 0 Å². The second-order valence-corrected chi connectivity index (χ2v) is 6.44. The van der Waals surface area contributed by atoms with Crippen molar-refractivity contribution in [2.24, 2.45) is 0 Å². The molecule has 0 radical (unpaired) electrons. The largest absolute Gasteiger partial charge is 0.497 e. The lowest BCUT2D eigenvalue weighted by Crippen LogP contribution is -2.29. The van der Waals surface area contributed by atoms with Crippen LogP contribution in [0.1, 0.15) is 11.3 Å². The Hall–Kier alpha value is -2.17. The molecule has 0 saturated carbocycles. The van der Waals surface area contributed by atoms with Gasteiger partial charge in [-0.15, -0.1) is 0 Å². The van der Waals surface area contributed by atoms with Crippen LogP contribution in [0.4, 0.5) is 0 Å². The van der Waals surface area contributed by atoms with Crippen molar-refractivity contribution in [3.8, 4) is 11.4 Å². The molecule has 0 bridgehead atoms. The van der Waals surface area contributed by atoms with Gasteiger partial charge in [-0.3, -0.25) is 0 Å². The summed E-state index contributed by atoms with van der Waals surface area (Å²) in [7, 11) is 1.64. The highest BCUT2D eigenvalue weighted by Crippen LogP contribution is 2.50. The third-order valence-electron chi connectivity index (χ3n) is 3.96. The van der Waals surface area contributed by atoms with Gasteiger partial charge in [0, 0.05) is 16.7 Å². The average Bonchev–Trinajstić information content (AvgIpc) is 3.06. The third kappa shape index (κ3) is 1.88. The number of benzene rings is 2. The van der Waals surface area contributed by atoms with E-state index in [0.29, 0.717) is 0 Å². The summed E-state index contributed by atoms with van der Waals surface area (Å²) >= 11 is 1.47. The van der Waals surface area contributed by atoms with Crippen LogP contribution in [0.5, 0.6) is 5.75 Å². The van der Waals surface area contributed by atoms with Gasteiger partial charge < -0.3 is 14.4 Å². The van der Waals surface area contributed by atoms with Gasteiger partial charge in [0.2, 0.25) is 0 Å². The van der Waals surface area contributed by atoms with Crippen molar-refractivity contribution in [2.75, 3.05) is 7.11 Å². The molecular weight excluding hydrogens is 294 g/mol. The average molecular weight is 309 g/mol. The number of hydrogen-bond acceptors (Lipinski definition) is 3. The minimum absolute atomic E-state index is 0.781. The first-order valence-electron chi connectivity index (χ1n) is 7.05. The summed E-state index contributed by atoms with van der Waals surface area (Å²) < 4.78 is 7.26. The number of nitrogens with zero attached hydrogens (tertiary/aromatic N) is 1. The Kier molecular flexibility index (Phi) is 3.03. The molecule has 0 unspecified atom stereocenters. The summed E-state index contributed by atoms with van der Waals surface area (Å²) in [5.41, 5.74) is 2.81. The molecule has 0 fully saturated rings. The minimum atomic E-state index is -1.11. The first-order valence-corrected chi connectivity index (χ1v) is 7.87. The molecule has 1 atom stereocenters. The molecule has 4 heteroatoms. The predicted molar refractivity (Wildman–Crippen MR) is 87.6 cm³/mol. The number of hydrogen-bond donors (Lipinski definition) is 1. The fourth-order valence-corrected chi connectivity index (χ4v) is 4.11. The van der Waals surface area contributed by atoms with Crippen molar-refractivity contribution in [1.82, 2.24) is 4.57 Å². The molecule has 3 nitrogen and oxygen atoms in total. The zero-order chi connectivity index (χ0) is 15.2. The highest BCUT2D eigenvalue weighted by atomic mass is 32.2. The fourth-order valence-electron chi connectivity index (χ4n) is 2.84. The summed E-state index contributed by atoms with van der Waals surface area (Å²) in [6.45, 7) is 0. The SMILES string of the molecule is COc1ccc([C@@]2(O)Sc3ccccc3-n3cccc32)cc1. The van der Waals surface area contributed by atoms with Gasteiger partial charge >= 0.3 is 0 Å². The topological polar surface area (TPSA) is 34.4 Å². The summed E-state index contributed by atoms with van der Waals surface area (Å²) in [6, 6.07) is 19.6.